The number of rotatable bonds is 4. The molecule has 1 aliphatic heterocycles. The molecule has 0 bridgehead atoms. The van der Waals surface area contributed by atoms with Crippen LogP contribution >= 0.6 is 11.8 Å². The van der Waals surface area contributed by atoms with Crippen molar-refractivity contribution in [2.24, 2.45) is 16.6 Å². The van der Waals surface area contributed by atoms with Crippen LogP contribution < -0.4 is 10.5 Å². The van der Waals surface area contributed by atoms with Crippen LogP contribution in [0.5, 0.6) is 5.75 Å². The van der Waals surface area contributed by atoms with Gasteiger partial charge in [0, 0.05) is 0 Å². The highest BCUT2D eigenvalue weighted by molar-refractivity contribution is 8.18. The van der Waals surface area contributed by atoms with Crippen molar-refractivity contribution in [1.82, 2.24) is 0 Å². The zero-order valence-corrected chi connectivity index (χ0v) is 11.7. The summed E-state index contributed by atoms with van der Waals surface area (Å²) in [5.41, 5.74) is 6.42. The Morgan fingerprint density at radius 1 is 1.37 bits per heavy atom. The molecule has 0 saturated carbocycles. The molecule has 19 heavy (non-hydrogen) atoms. The van der Waals surface area contributed by atoms with Crippen molar-refractivity contribution < 1.29 is 9.53 Å². The monoisotopic (exact) mass is 276 g/mol. The molecule has 2 N–H and O–H groups in total. The zero-order valence-electron chi connectivity index (χ0n) is 10.9. The summed E-state index contributed by atoms with van der Waals surface area (Å²) < 4.78 is 5.60. The second kappa shape index (κ2) is 5.93. The topological polar surface area (TPSA) is 64.7 Å². The van der Waals surface area contributed by atoms with Gasteiger partial charge in [-0.25, -0.2) is 0 Å². The van der Waals surface area contributed by atoms with Gasteiger partial charge in [0.1, 0.15) is 5.75 Å². The van der Waals surface area contributed by atoms with Gasteiger partial charge in [-0.1, -0.05) is 26.0 Å². The van der Waals surface area contributed by atoms with Gasteiger partial charge in [-0.05, 0) is 41.5 Å². The fourth-order valence-electron chi connectivity index (χ4n) is 1.50. The van der Waals surface area contributed by atoms with Crippen molar-refractivity contribution in [2.75, 3.05) is 6.61 Å². The van der Waals surface area contributed by atoms with Crippen LogP contribution in [0.2, 0.25) is 0 Å². The van der Waals surface area contributed by atoms with Gasteiger partial charge >= 0.3 is 0 Å². The van der Waals surface area contributed by atoms with Gasteiger partial charge in [-0.2, -0.15) is 4.99 Å². The van der Waals surface area contributed by atoms with Crippen LogP contribution in [-0.2, 0) is 4.79 Å². The first-order valence-corrected chi connectivity index (χ1v) is 6.87. The van der Waals surface area contributed by atoms with Crippen molar-refractivity contribution >= 4 is 28.9 Å². The predicted octanol–water partition coefficient (Wildman–Crippen LogP) is 2.65. The summed E-state index contributed by atoms with van der Waals surface area (Å²) >= 11 is 1.19. The molecule has 1 heterocycles. The van der Waals surface area contributed by atoms with Crippen LogP contribution in [0.25, 0.3) is 6.08 Å². The average molecular weight is 276 g/mol. The number of carbonyl (C=O) groups is 1. The van der Waals surface area contributed by atoms with Crippen LogP contribution in [0.3, 0.4) is 0 Å². The zero-order chi connectivity index (χ0) is 13.8. The van der Waals surface area contributed by atoms with Crippen LogP contribution in [0, 0.1) is 5.92 Å². The molecular formula is C14H16N2O2S. The molecule has 0 unspecified atom stereocenters. The molecule has 0 fully saturated rings. The van der Waals surface area contributed by atoms with E-state index in [9.17, 15) is 4.79 Å². The van der Waals surface area contributed by atoms with Crippen LogP contribution in [-0.4, -0.2) is 17.7 Å². The first kappa shape index (κ1) is 13.7. The Morgan fingerprint density at radius 2 is 2.05 bits per heavy atom. The standard InChI is InChI=1S/C14H16N2O2S/c1-9(2)8-18-11-5-3-10(4-6-11)7-12-13(17)16-14(15)19-12/h3-7,9H,8H2,1-2H3,(H2,15,16,17)/b12-7-. The summed E-state index contributed by atoms with van der Waals surface area (Å²) in [7, 11) is 0. The lowest BCUT2D eigenvalue weighted by molar-refractivity contribution is -0.113. The molecule has 0 saturated heterocycles. The maximum absolute atomic E-state index is 11.5. The molecule has 100 valence electrons. The normalized spacial score (nSPS) is 17.1. The van der Waals surface area contributed by atoms with Gasteiger partial charge in [-0.15, -0.1) is 0 Å². The number of aliphatic imine (C=N–C) groups is 1. The Hall–Kier alpha value is -1.75. The predicted molar refractivity (Wildman–Crippen MR) is 79.0 cm³/mol. The van der Waals surface area contributed by atoms with E-state index < -0.39 is 0 Å². The van der Waals surface area contributed by atoms with Crippen LogP contribution in [0.15, 0.2) is 34.2 Å². The van der Waals surface area contributed by atoms with Gasteiger partial charge in [0.15, 0.2) is 5.17 Å². The lowest BCUT2D eigenvalue weighted by Gasteiger charge is -2.08. The molecule has 0 aromatic heterocycles. The molecule has 0 radical (unpaired) electrons. The number of ether oxygens (including phenoxy) is 1. The minimum atomic E-state index is -0.275. The Kier molecular flexibility index (Phi) is 4.27. The number of thioether (sulfide) groups is 1. The van der Waals surface area contributed by atoms with E-state index in [2.05, 4.69) is 18.8 Å². The molecule has 0 spiro atoms. The fourth-order valence-corrected chi connectivity index (χ4v) is 2.18. The molecule has 5 heteroatoms. The van der Waals surface area contributed by atoms with Crippen molar-refractivity contribution in [3.8, 4) is 5.75 Å². The molecule has 0 atom stereocenters. The summed E-state index contributed by atoms with van der Waals surface area (Å²) in [5.74, 6) is 1.05. The van der Waals surface area contributed by atoms with E-state index in [1.807, 2.05) is 24.3 Å². The molecule has 1 aliphatic rings. The van der Waals surface area contributed by atoms with Gasteiger partial charge < -0.3 is 10.5 Å². The van der Waals surface area contributed by atoms with Crippen molar-refractivity contribution in [1.29, 1.82) is 0 Å². The van der Waals surface area contributed by atoms with E-state index in [0.717, 1.165) is 11.3 Å². The summed E-state index contributed by atoms with van der Waals surface area (Å²) in [6.07, 6.45) is 1.78. The van der Waals surface area contributed by atoms with Crippen molar-refractivity contribution in [3.63, 3.8) is 0 Å². The summed E-state index contributed by atoms with van der Waals surface area (Å²) in [6.45, 7) is 4.90. The molecule has 0 aliphatic carbocycles. The maximum atomic E-state index is 11.5. The SMILES string of the molecule is CC(C)COc1ccc(/C=C2\SC(N)=NC2=O)cc1. The van der Waals surface area contributed by atoms with E-state index >= 15 is 0 Å². The molecule has 1 amide bonds. The summed E-state index contributed by atoms with van der Waals surface area (Å²) in [6, 6.07) is 7.60. The first-order chi connectivity index (χ1) is 9.04. The second-order valence-corrected chi connectivity index (χ2v) is 5.70. The van der Waals surface area contributed by atoms with E-state index in [1.165, 1.54) is 11.8 Å². The third-order valence-corrected chi connectivity index (χ3v) is 3.21. The highest BCUT2D eigenvalue weighted by Crippen LogP contribution is 2.26. The molecule has 4 nitrogen and oxygen atoms in total. The number of hydrogen-bond donors (Lipinski definition) is 1. The summed E-state index contributed by atoms with van der Waals surface area (Å²) in [4.78, 5) is 15.7. The quantitative estimate of drug-likeness (QED) is 0.859. The Balaban J connectivity index is 2.03. The van der Waals surface area contributed by atoms with E-state index in [-0.39, 0.29) is 5.91 Å². The van der Waals surface area contributed by atoms with E-state index in [4.69, 9.17) is 10.5 Å². The molecule has 1 aromatic rings. The minimum Gasteiger partial charge on any atom is -0.493 e. The third-order valence-electron chi connectivity index (χ3n) is 2.40. The third kappa shape index (κ3) is 3.86. The average Bonchev–Trinajstić information content (AvgIpc) is 2.67. The largest absolute Gasteiger partial charge is 0.493 e. The fraction of sp³-hybridized carbons (Fsp3) is 0.286. The van der Waals surface area contributed by atoms with Crippen molar-refractivity contribution in [3.05, 3.63) is 34.7 Å². The first-order valence-electron chi connectivity index (χ1n) is 6.05. The molecular weight excluding hydrogens is 260 g/mol. The summed E-state index contributed by atoms with van der Waals surface area (Å²) in [5, 5.41) is 0.299. The van der Waals surface area contributed by atoms with Gasteiger partial charge in [0.05, 0.1) is 11.5 Å². The number of amides is 1. The number of hydrogen-bond acceptors (Lipinski definition) is 4. The smallest absolute Gasteiger partial charge is 0.286 e. The maximum Gasteiger partial charge on any atom is 0.286 e. The highest BCUT2D eigenvalue weighted by atomic mass is 32.2. The Bertz CT molecular complexity index is 533. The van der Waals surface area contributed by atoms with Gasteiger partial charge in [-0.3, -0.25) is 4.79 Å². The Morgan fingerprint density at radius 3 is 2.58 bits per heavy atom. The number of benzene rings is 1. The van der Waals surface area contributed by atoms with Gasteiger partial charge in [0.2, 0.25) is 0 Å². The Labute approximate surface area is 116 Å². The number of nitrogens with zero attached hydrogens (tertiary/aromatic N) is 1. The molecule has 2 rings (SSSR count). The number of carbonyl (C=O) groups excluding carboxylic acids is 1. The minimum absolute atomic E-state index is 0.275. The molecule has 1 aromatic carbocycles. The lowest BCUT2D eigenvalue weighted by atomic mass is 10.2. The van der Waals surface area contributed by atoms with Crippen LogP contribution in [0.1, 0.15) is 19.4 Å². The van der Waals surface area contributed by atoms with E-state index in [0.29, 0.717) is 22.6 Å². The van der Waals surface area contributed by atoms with Crippen molar-refractivity contribution in [2.45, 2.75) is 13.8 Å². The number of amidine groups is 1. The number of nitrogens with two attached hydrogens (primary N) is 1. The van der Waals surface area contributed by atoms with Gasteiger partial charge in [0.25, 0.3) is 5.91 Å². The van der Waals surface area contributed by atoms with E-state index in [1.54, 1.807) is 6.08 Å². The van der Waals surface area contributed by atoms with Crippen LogP contribution in [0.4, 0.5) is 0 Å². The lowest BCUT2D eigenvalue weighted by Crippen LogP contribution is -2.04. The highest BCUT2D eigenvalue weighted by Gasteiger charge is 2.19. The second-order valence-electron chi connectivity index (χ2n) is 4.64.